The van der Waals surface area contributed by atoms with Gasteiger partial charge >= 0.3 is 0 Å². The molecule has 4 rings (SSSR count). The van der Waals surface area contributed by atoms with Gasteiger partial charge in [-0.1, -0.05) is 54.6 Å². The summed E-state index contributed by atoms with van der Waals surface area (Å²) >= 11 is 0. The molecule has 0 spiro atoms. The van der Waals surface area contributed by atoms with Gasteiger partial charge in [0.05, 0.1) is 0 Å². The number of nitrogens with one attached hydrogen (secondary N) is 1. The van der Waals surface area contributed by atoms with Gasteiger partial charge in [-0.15, -0.1) is 0 Å². The molecular weight excluding hydrogens is 400 g/mol. The number of hydrogen-bond donors (Lipinski definition) is 1. The molecule has 5 heteroatoms. The standard InChI is InChI=1S/C27H28N2O3/c30-26(29-18-16-22-7-4-5-8-24(22)19-29)11-6-17-28-27(31)23-14-12-21(13-15-23)20-32-25-9-2-1-3-10-25/h1-5,7-10,12-15H,6,11,16-20H2,(H,28,31). The van der Waals surface area contributed by atoms with Crippen molar-refractivity contribution in [3.05, 3.63) is 101 Å². The molecule has 0 atom stereocenters. The number of hydrogen-bond acceptors (Lipinski definition) is 3. The highest BCUT2D eigenvalue weighted by molar-refractivity contribution is 5.94. The molecule has 0 unspecified atom stereocenters. The quantitative estimate of drug-likeness (QED) is 0.543. The maximum Gasteiger partial charge on any atom is 0.251 e. The summed E-state index contributed by atoms with van der Waals surface area (Å²) in [6.45, 7) is 2.38. The second-order valence-corrected chi connectivity index (χ2v) is 7.99. The lowest BCUT2D eigenvalue weighted by molar-refractivity contribution is -0.132. The van der Waals surface area contributed by atoms with E-state index in [0.29, 0.717) is 38.1 Å². The summed E-state index contributed by atoms with van der Waals surface area (Å²) in [5.74, 6) is 0.842. The van der Waals surface area contributed by atoms with E-state index in [2.05, 4.69) is 17.4 Å². The number of carbonyl (C=O) groups is 2. The molecule has 3 aromatic carbocycles. The Morgan fingerprint density at radius 3 is 2.38 bits per heavy atom. The van der Waals surface area contributed by atoms with Crippen molar-refractivity contribution >= 4 is 11.8 Å². The summed E-state index contributed by atoms with van der Waals surface area (Å²) in [6.07, 6.45) is 1.98. The average molecular weight is 429 g/mol. The van der Waals surface area contributed by atoms with Gasteiger partial charge in [-0.3, -0.25) is 9.59 Å². The fraction of sp³-hybridized carbons (Fsp3) is 0.259. The molecule has 1 N–H and O–H groups in total. The Kier molecular flexibility index (Phi) is 7.18. The molecule has 1 aliphatic rings. The lowest BCUT2D eigenvalue weighted by Gasteiger charge is -2.29. The van der Waals surface area contributed by atoms with Crippen LogP contribution in [-0.4, -0.2) is 29.8 Å². The van der Waals surface area contributed by atoms with Crippen LogP contribution in [0.3, 0.4) is 0 Å². The molecule has 1 heterocycles. The van der Waals surface area contributed by atoms with Crippen molar-refractivity contribution in [3.63, 3.8) is 0 Å². The third-order valence-electron chi connectivity index (χ3n) is 5.70. The highest BCUT2D eigenvalue weighted by atomic mass is 16.5. The van der Waals surface area contributed by atoms with Gasteiger partial charge in [0.15, 0.2) is 0 Å². The fourth-order valence-corrected chi connectivity index (χ4v) is 3.85. The van der Waals surface area contributed by atoms with Crippen molar-refractivity contribution in [1.82, 2.24) is 10.2 Å². The van der Waals surface area contributed by atoms with E-state index in [9.17, 15) is 9.59 Å². The van der Waals surface area contributed by atoms with Crippen LogP contribution in [0.5, 0.6) is 5.75 Å². The SMILES string of the molecule is O=C(NCCCC(=O)N1CCc2ccccc2C1)c1ccc(COc2ccccc2)cc1. The third kappa shape index (κ3) is 5.76. The van der Waals surface area contributed by atoms with Crippen molar-refractivity contribution in [3.8, 4) is 5.75 Å². The summed E-state index contributed by atoms with van der Waals surface area (Å²) in [7, 11) is 0. The Morgan fingerprint density at radius 1 is 0.875 bits per heavy atom. The number of ether oxygens (including phenoxy) is 1. The molecule has 0 saturated heterocycles. The molecule has 0 aromatic heterocycles. The largest absolute Gasteiger partial charge is 0.489 e. The Balaban J connectivity index is 1.17. The van der Waals surface area contributed by atoms with Crippen molar-refractivity contribution in [1.29, 1.82) is 0 Å². The first-order chi connectivity index (χ1) is 15.7. The number of amides is 2. The fourth-order valence-electron chi connectivity index (χ4n) is 3.85. The molecule has 0 saturated carbocycles. The summed E-state index contributed by atoms with van der Waals surface area (Å²) in [6, 6.07) is 25.3. The molecule has 1 aliphatic heterocycles. The first kappa shape index (κ1) is 21.6. The second-order valence-electron chi connectivity index (χ2n) is 7.99. The number of fused-ring (bicyclic) bond motifs is 1. The van der Waals surface area contributed by atoms with Gasteiger partial charge in [-0.05, 0) is 53.8 Å². The molecule has 32 heavy (non-hydrogen) atoms. The number of rotatable bonds is 8. The molecule has 5 nitrogen and oxygen atoms in total. The normalized spacial score (nSPS) is 12.7. The van der Waals surface area contributed by atoms with Crippen LogP contribution in [0.25, 0.3) is 0 Å². The summed E-state index contributed by atoms with van der Waals surface area (Å²) in [5.41, 5.74) is 4.17. The van der Waals surface area contributed by atoms with Crippen LogP contribution in [0.2, 0.25) is 0 Å². The Morgan fingerprint density at radius 2 is 1.59 bits per heavy atom. The van der Waals surface area contributed by atoms with Gasteiger partial charge in [0.25, 0.3) is 5.91 Å². The minimum absolute atomic E-state index is 0.125. The smallest absolute Gasteiger partial charge is 0.251 e. The predicted molar refractivity (Wildman–Crippen MR) is 124 cm³/mol. The van der Waals surface area contributed by atoms with Gasteiger partial charge in [-0.2, -0.15) is 0 Å². The number of para-hydroxylation sites is 1. The highest BCUT2D eigenvalue weighted by Gasteiger charge is 2.19. The lowest BCUT2D eigenvalue weighted by atomic mass is 9.99. The van der Waals surface area contributed by atoms with E-state index < -0.39 is 0 Å². The lowest BCUT2D eigenvalue weighted by Crippen LogP contribution is -2.36. The van der Waals surface area contributed by atoms with E-state index in [1.807, 2.05) is 59.5 Å². The van der Waals surface area contributed by atoms with Crippen LogP contribution in [-0.2, 0) is 24.4 Å². The van der Waals surface area contributed by atoms with E-state index in [1.54, 1.807) is 12.1 Å². The van der Waals surface area contributed by atoms with Crippen LogP contribution in [0, 0.1) is 0 Å². The average Bonchev–Trinajstić information content (AvgIpc) is 2.85. The van der Waals surface area contributed by atoms with Crippen molar-refractivity contribution in [2.75, 3.05) is 13.1 Å². The molecule has 0 aliphatic carbocycles. The Hall–Kier alpha value is -3.60. The maximum atomic E-state index is 12.5. The van der Waals surface area contributed by atoms with Crippen LogP contribution < -0.4 is 10.1 Å². The van der Waals surface area contributed by atoms with Gasteiger partial charge in [0.2, 0.25) is 5.91 Å². The van der Waals surface area contributed by atoms with Crippen molar-refractivity contribution < 1.29 is 14.3 Å². The third-order valence-corrected chi connectivity index (χ3v) is 5.70. The van der Waals surface area contributed by atoms with Crippen LogP contribution in [0.4, 0.5) is 0 Å². The van der Waals surface area contributed by atoms with Crippen molar-refractivity contribution in [2.24, 2.45) is 0 Å². The monoisotopic (exact) mass is 428 g/mol. The van der Waals surface area contributed by atoms with E-state index in [-0.39, 0.29) is 11.8 Å². The molecule has 164 valence electrons. The van der Waals surface area contributed by atoms with E-state index in [1.165, 1.54) is 11.1 Å². The van der Waals surface area contributed by atoms with Gasteiger partial charge < -0.3 is 15.0 Å². The van der Waals surface area contributed by atoms with Crippen LogP contribution >= 0.6 is 0 Å². The summed E-state index contributed by atoms with van der Waals surface area (Å²) < 4.78 is 5.73. The summed E-state index contributed by atoms with van der Waals surface area (Å²) in [4.78, 5) is 26.8. The van der Waals surface area contributed by atoms with E-state index in [4.69, 9.17) is 4.74 Å². The Bertz CT molecular complexity index is 1050. The van der Waals surface area contributed by atoms with Gasteiger partial charge in [0, 0.05) is 31.6 Å². The zero-order valence-electron chi connectivity index (χ0n) is 18.1. The molecule has 0 fully saturated rings. The molecule has 2 amide bonds. The molecule has 3 aromatic rings. The van der Waals surface area contributed by atoms with E-state index in [0.717, 1.165) is 24.3 Å². The number of benzene rings is 3. The second kappa shape index (κ2) is 10.6. The number of nitrogens with zero attached hydrogens (tertiary/aromatic N) is 1. The molecular formula is C27H28N2O3. The first-order valence-corrected chi connectivity index (χ1v) is 11.1. The molecule has 0 radical (unpaired) electrons. The number of carbonyl (C=O) groups excluding carboxylic acids is 2. The highest BCUT2D eigenvalue weighted by Crippen LogP contribution is 2.19. The first-order valence-electron chi connectivity index (χ1n) is 11.1. The topological polar surface area (TPSA) is 58.6 Å². The zero-order chi connectivity index (χ0) is 22.2. The minimum Gasteiger partial charge on any atom is -0.489 e. The van der Waals surface area contributed by atoms with Gasteiger partial charge in [0.1, 0.15) is 12.4 Å². The van der Waals surface area contributed by atoms with Crippen LogP contribution in [0.1, 0.15) is 39.9 Å². The van der Waals surface area contributed by atoms with Crippen LogP contribution in [0.15, 0.2) is 78.9 Å². The maximum absolute atomic E-state index is 12.5. The minimum atomic E-state index is -0.125. The van der Waals surface area contributed by atoms with Gasteiger partial charge in [-0.25, -0.2) is 0 Å². The summed E-state index contributed by atoms with van der Waals surface area (Å²) in [5, 5.41) is 2.91. The van der Waals surface area contributed by atoms with E-state index >= 15 is 0 Å². The Labute approximate surface area is 189 Å². The molecule has 0 bridgehead atoms. The predicted octanol–water partition coefficient (Wildman–Crippen LogP) is 4.36. The van der Waals surface area contributed by atoms with Crippen molar-refractivity contribution in [2.45, 2.75) is 32.4 Å². The zero-order valence-corrected chi connectivity index (χ0v) is 18.1.